The van der Waals surface area contributed by atoms with E-state index >= 15 is 0 Å². The molecule has 0 bridgehead atoms. The number of nitrogens with one attached hydrogen (secondary N) is 1. The van der Waals surface area contributed by atoms with Crippen LogP contribution in [0.1, 0.15) is 30.8 Å². The minimum absolute atomic E-state index is 0.00311. The number of sulfonamides is 1. The molecule has 174 valence electrons. The molecule has 8 nitrogen and oxygen atoms in total. The normalized spacial score (nSPS) is 15.1. The number of aromatic nitrogens is 3. The smallest absolute Gasteiger partial charge is 0.266 e. The summed E-state index contributed by atoms with van der Waals surface area (Å²) in [4.78, 5) is 21.7. The van der Waals surface area contributed by atoms with Crippen molar-refractivity contribution in [2.75, 3.05) is 9.62 Å². The van der Waals surface area contributed by atoms with Crippen molar-refractivity contribution in [3.05, 3.63) is 56.3 Å². The molecular weight excluding hydrogens is 536 g/mol. The largest absolute Gasteiger partial charge is 0.305 e. The zero-order chi connectivity index (χ0) is 24.3. The lowest BCUT2D eigenvalue weighted by Crippen LogP contribution is -2.36. The van der Waals surface area contributed by atoms with Crippen molar-refractivity contribution in [2.45, 2.75) is 37.6 Å². The van der Waals surface area contributed by atoms with Gasteiger partial charge in [-0.3, -0.25) is 9.52 Å². The van der Waals surface area contributed by atoms with E-state index < -0.39 is 26.2 Å². The number of amides is 1. The zero-order valence-electron chi connectivity index (χ0n) is 17.3. The van der Waals surface area contributed by atoms with Crippen LogP contribution in [0.4, 0.5) is 15.2 Å². The number of aryl methyl sites for hydroxylation is 1. The number of benzene rings is 1. The Morgan fingerprint density at radius 1 is 1.24 bits per heavy atom. The third kappa shape index (κ3) is 4.17. The first-order valence-electron chi connectivity index (χ1n) is 9.30. The van der Waals surface area contributed by atoms with E-state index in [2.05, 4.69) is 19.1 Å². The number of hydrogen-bond acceptors (Lipinski definition) is 7. The van der Waals surface area contributed by atoms with Gasteiger partial charge < -0.3 is 4.90 Å². The molecule has 0 atom stereocenters. The predicted octanol–water partition coefficient (Wildman–Crippen LogP) is 4.97. The Hall–Kier alpha value is -2.05. The molecule has 0 unspecified atom stereocenters. The number of carbonyl (C=O) groups is 1. The molecule has 0 spiro atoms. The van der Waals surface area contributed by atoms with Gasteiger partial charge in [-0.25, -0.2) is 22.8 Å². The van der Waals surface area contributed by atoms with Gasteiger partial charge in [0.15, 0.2) is 0 Å². The van der Waals surface area contributed by atoms with E-state index in [4.69, 9.17) is 34.8 Å². The highest BCUT2D eigenvalue weighted by atomic mass is 35.5. The SMILES string of the molecule is Cc1nsc(NS(=O)(=O)c2cc(Cl)c(CN3C(=O)C(C)(C)c4c3cnc(Cl)c4Cl)cc2F)n1. The number of fused-ring (bicyclic) bond motifs is 1. The number of nitrogens with zero attached hydrogens (tertiary/aromatic N) is 4. The third-order valence-electron chi connectivity index (χ3n) is 5.12. The van der Waals surface area contributed by atoms with Crippen LogP contribution < -0.4 is 9.62 Å². The Balaban J connectivity index is 1.69. The minimum Gasteiger partial charge on any atom is -0.305 e. The van der Waals surface area contributed by atoms with E-state index in [0.29, 0.717) is 17.1 Å². The van der Waals surface area contributed by atoms with Gasteiger partial charge in [0.2, 0.25) is 11.0 Å². The van der Waals surface area contributed by atoms with Crippen LogP contribution in [0.15, 0.2) is 23.2 Å². The lowest BCUT2D eigenvalue weighted by molar-refractivity contribution is -0.122. The lowest BCUT2D eigenvalue weighted by Gasteiger charge is -2.21. The van der Waals surface area contributed by atoms with E-state index in [1.54, 1.807) is 20.8 Å². The van der Waals surface area contributed by atoms with Crippen LogP contribution >= 0.6 is 46.3 Å². The molecule has 0 saturated carbocycles. The quantitative estimate of drug-likeness (QED) is 0.450. The first-order valence-corrected chi connectivity index (χ1v) is 12.7. The maximum Gasteiger partial charge on any atom is 0.266 e. The summed E-state index contributed by atoms with van der Waals surface area (Å²) in [6.45, 7) is 4.84. The summed E-state index contributed by atoms with van der Waals surface area (Å²) in [5, 5.41) is 0.176. The summed E-state index contributed by atoms with van der Waals surface area (Å²) >= 11 is 19.5. The third-order valence-corrected chi connectivity index (χ3v) is 8.43. The first kappa shape index (κ1) is 24.1. The maximum absolute atomic E-state index is 14.9. The number of anilines is 2. The van der Waals surface area contributed by atoms with Crippen LogP contribution in [-0.4, -0.2) is 28.7 Å². The molecule has 3 heterocycles. The molecule has 1 aromatic carbocycles. The number of hydrogen-bond donors (Lipinski definition) is 1. The molecule has 2 aromatic heterocycles. The molecule has 3 aromatic rings. The van der Waals surface area contributed by atoms with Crippen LogP contribution in [0.5, 0.6) is 0 Å². The fraction of sp³-hybridized carbons (Fsp3) is 0.263. The van der Waals surface area contributed by atoms with Crippen molar-refractivity contribution in [3.8, 4) is 0 Å². The van der Waals surface area contributed by atoms with Gasteiger partial charge in [-0.1, -0.05) is 34.8 Å². The molecule has 0 saturated heterocycles. The van der Waals surface area contributed by atoms with Crippen molar-refractivity contribution in [3.63, 3.8) is 0 Å². The second kappa shape index (κ2) is 8.31. The van der Waals surface area contributed by atoms with Gasteiger partial charge in [0.1, 0.15) is 21.7 Å². The fourth-order valence-electron chi connectivity index (χ4n) is 3.54. The summed E-state index contributed by atoms with van der Waals surface area (Å²) in [7, 11) is -4.31. The summed E-state index contributed by atoms with van der Waals surface area (Å²) in [6.07, 6.45) is 1.41. The van der Waals surface area contributed by atoms with Crippen LogP contribution in [0.25, 0.3) is 0 Å². The zero-order valence-corrected chi connectivity index (χ0v) is 21.2. The molecular formula is C19H15Cl3FN5O3S2. The average Bonchev–Trinajstić information content (AvgIpc) is 3.20. The molecule has 0 aliphatic carbocycles. The summed E-state index contributed by atoms with van der Waals surface area (Å²) in [5.41, 5.74) is 0.113. The van der Waals surface area contributed by atoms with Crippen LogP contribution in [0, 0.1) is 12.7 Å². The van der Waals surface area contributed by atoms with Crippen LogP contribution in [0.3, 0.4) is 0 Å². The van der Waals surface area contributed by atoms with Gasteiger partial charge >= 0.3 is 0 Å². The molecule has 1 N–H and O–H groups in total. The molecule has 1 aliphatic heterocycles. The topological polar surface area (TPSA) is 105 Å². The van der Waals surface area contributed by atoms with Crippen molar-refractivity contribution in [1.82, 2.24) is 14.3 Å². The average molecular weight is 551 g/mol. The summed E-state index contributed by atoms with van der Waals surface area (Å²) < 4.78 is 46.2. The van der Waals surface area contributed by atoms with Gasteiger partial charge in [0.05, 0.1) is 28.9 Å². The van der Waals surface area contributed by atoms with E-state index in [-0.39, 0.29) is 38.3 Å². The molecule has 0 radical (unpaired) electrons. The Kier molecular flexibility index (Phi) is 6.07. The van der Waals surface area contributed by atoms with Gasteiger partial charge in [-0.15, -0.1) is 0 Å². The van der Waals surface area contributed by atoms with Crippen molar-refractivity contribution in [2.24, 2.45) is 0 Å². The minimum atomic E-state index is -4.31. The Bertz CT molecular complexity index is 1410. The van der Waals surface area contributed by atoms with E-state index in [1.807, 2.05) is 0 Å². The number of pyridine rings is 1. The van der Waals surface area contributed by atoms with Gasteiger partial charge in [0, 0.05) is 22.1 Å². The molecule has 14 heteroatoms. The fourth-order valence-corrected chi connectivity index (χ4v) is 6.24. The predicted molar refractivity (Wildman–Crippen MR) is 125 cm³/mol. The monoisotopic (exact) mass is 549 g/mol. The van der Waals surface area contributed by atoms with E-state index in [1.165, 1.54) is 11.1 Å². The van der Waals surface area contributed by atoms with Crippen molar-refractivity contribution >= 4 is 73.1 Å². The summed E-state index contributed by atoms with van der Waals surface area (Å²) in [5.74, 6) is -0.979. The maximum atomic E-state index is 14.9. The lowest BCUT2D eigenvalue weighted by atomic mass is 9.87. The Morgan fingerprint density at radius 2 is 1.94 bits per heavy atom. The van der Waals surface area contributed by atoms with Gasteiger partial charge in [-0.2, -0.15) is 4.37 Å². The highest BCUT2D eigenvalue weighted by Crippen LogP contribution is 2.47. The molecule has 4 rings (SSSR count). The van der Waals surface area contributed by atoms with Crippen LogP contribution in [0.2, 0.25) is 15.2 Å². The second-order valence-corrected chi connectivity index (χ2v) is 11.3. The molecule has 0 fully saturated rings. The molecule has 33 heavy (non-hydrogen) atoms. The van der Waals surface area contributed by atoms with Crippen molar-refractivity contribution < 1.29 is 17.6 Å². The highest BCUT2D eigenvalue weighted by Gasteiger charge is 2.46. The van der Waals surface area contributed by atoms with E-state index in [0.717, 1.165) is 23.7 Å². The van der Waals surface area contributed by atoms with Gasteiger partial charge in [-0.05, 0) is 38.5 Å². The number of carbonyl (C=O) groups excluding carboxylic acids is 1. The molecule has 1 aliphatic rings. The standard InChI is InChI=1S/C19H15Cl3FN5O3S2/c1-8-25-18(32-26-8)27-33(30,31)13-5-10(20)9(4-11(13)23)7-28-12-6-24-16(22)15(21)14(12)19(2,3)17(28)29/h4-6H,7H2,1-3H3,(H,25,26,27). The first-order chi connectivity index (χ1) is 15.3. The molecule has 1 amide bonds. The number of rotatable bonds is 5. The van der Waals surface area contributed by atoms with Crippen molar-refractivity contribution in [1.29, 1.82) is 0 Å². The summed E-state index contributed by atoms with van der Waals surface area (Å²) in [6, 6.07) is 1.97. The number of halogens is 4. The second-order valence-electron chi connectivity index (χ2n) is 7.77. The van der Waals surface area contributed by atoms with Crippen LogP contribution in [-0.2, 0) is 26.8 Å². The van der Waals surface area contributed by atoms with E-state index in [9.17, 15) is 17.6 Å². The van der Waals surface area contributed by atoms with Gasteiger partial charge in [0.25, 0.3) is 10.0 Å². The Morgan fingerprint density at radius 3 is 2.58 bits per heavy atom. The highest BCUT2D eigenvalue weighted by molar-refractivity contribution is 7.93. The Labute approximate surface area is 207 Å².